The first kappa shape index (κ1) is 31.4. The molecule has 0 fully saturated rings. The van der Waals surface area contributed by atoms with E-state index in [2.05, 4.69) is 157 Å². The van der Waals surface area contributed by atoms with Crippen LogP contribution in [0.25, 0.3) is 77.7 Å². The molecule has 2 aromatic heterocycles. The van der Waals surface area contributed by atoms with Gasteiger partial charge in [-0.15, -0.1) is 0 Å². The van der Waals surface area contributed by atoms with Crippen LogP contribution in [0.3, 0.4) is 0 Å². The molecule has 8 aromatic carbocycles. The summed E-state index contributed by atoms with van der Waals surface area (Å²) < 4.78 is 6.56. The third-order valence-electron chi connectivity index (χ3n) is 10.0. The molecule has 0 radical (unpaired) electrons. The minimum Gasteiger partial charge on any atom is -0.456 e. The average molecular weight is 692 g/mol. The number of para-hydroxylation sites is 2. The van der Waals surface area contributed by atoms with Crippen LogP contribution in [0, 0.1) is 0 Å². The Morgan fingerprint density at radius 3 is 1.65 bits per heavy atom. The van der Waals surface area contributed by atoms with Crippen molar-refractivity contribution in [2.24, 2.45) is 0 Å². The molecule has 54 heavy (non-hydrogen) atoms. The van der Waals surface area contributed by atoms with Crippen molar-refractivity contribution in [1.82, 2.24) is 9.97 Å². The highest BCUT2D eigenvalue weighted by Crippen LogP contribution is 2.42. The summed E-state index contributed by atoms with van der Waals surface area (Å²) in [4.78, 5) is 12.8. The molecule has 4 heteroatoms. The van der Waals surface area contributed by atoms with E-state index in [1.54, 1.807) is 0 Å². The summed E-state index contributed by atoms with van der Waals surface area (Å²) in [5.74, 6) is 0.650. The molecule has 0 saturated heterocycles. The molecule has 254 valence electrons. The van der Waals surface area contributed by atoms with Gasteiger partial charge in [0.2, 0.25) is 0 Å². The van der Waals surface area contributed by atoms with E-state index in [1.807, 2.05) is 48.5 Å². The first-order chi connectivity index (χ1) is 26.7. The lowest BCUT2D eigenvalue weighted by molar-refractivity contribution is 0.669. The summed E-state index contributed by atoms with van der Waals surface area (Å²) >= 11 is 0. The Hall–Kier alpha value is -7.30. The van der Waals surface area contributed by atoms with Gasteiger partial charge in [-0.25, -0.2) is 9.97 Å². The smallest absolute Gasteiger partial charge is 0.161 e. The van der Waals surface area contributed by atoms with Crippen molar-refractivity contribution >= 4 is 49.8 Å². The Kier molecular flexibility index (Phi) is 7.77. The van der Waals surface area contributed by atoms with Crippen molar-refractivity contribution in [1.29, 1.82) is 0 Å². The minimum absolute atomic E-state index is 0.650. The van der Waals surface area contributed by atoms with Crippen LogP contribution in [-0.4, -0.2) is 9.97 Å². The molecule has 0 aliphatic heterocycles. The van der Waals surface area contributed by atoms with Crippen LogP contribution in [0.2, 0.25) is 0 Å². The minimum atomic E-state index is 0.650. The van der Waals surface area contributed by atoms with Gasteiger partial charge in [0.1, 0.15) is 11.2 Å². The lowest BCUT2D eigenvalue weighted by Gasteiger charge is -2.26. The number of aromatic nitrogens is 2. The van der Waals surface area contributed by atoms with Crippen LogP contribution in [0.4, 0.5) is 17.1 Å². The van der Waals surface area contributed by atoms with Crippen molar-refractivity contribution in [2.75, 3.05) is 4.90 Å². The largest absolute Gasteiger partial charge is 0.456 e. The first-order valence-corrected chi connectivity index (χ1v) is 18.2. The van der Waals surface area contributed by atoms with Crippen molar-refractivity contribution in [2.45, 2.75) is 0 Å². The molecule has 2 heterocycles. The summed E-state index contributed by atoms with van der Waals surface area (Å²) in [5, 5.41) is 4.46. The normalized spacial score (nSPS) is 11.3. The lowest BCUT2D eigenvalue weighted by atomic mass is 9.97. The van der Waals surface area contributed by atoms with Gasteiger partial charge in [0.15, 0.2) is 5.82 Å². The second-order valence-corrected chi connectivity index (χ2v) is 13.4. The maximum Gasteiger partial charge on any atom is 0.161 e. The molecule has 0 unspecified atom stereocenters. The van der Waals surface area contributed by atoms with Gasteiger partial charge in [-0.1, -0.05) is 140 Å². The highest BCUT2D eigenvalue weighted by Gasteiger charge is 2.20. The van der Waals surface area contributed by atoms with E-state index in [-0.39, 0.29) is 0 Å². The number of hydrogen-bond acceptors (Lipinski definition) is 4. The monoisotopic (exact) mass is 691 g/mol. The number of rotatable bonds is 7. The number of fused-ring (bicyclic) bond motifs is 4. The fourth-order valence-electron chi connectivity index (χ4n) is 7.42. The summed E-state index contributed by atoms with van der Waals surface area (Å²) in [6, 6.07) is 69.7. The second-order valence-electron chi connectivity index (χ2n) is 13.4. The maximum absolute atomic E-state index is 6.56. The van der Waals surface area contributed by atoms with E-state index in [0.717, 1.165) is 78.2 Å². The van der Waals surface area contributed by atoms with Crippen molar-refractivity contribution < 1.29 is 4.42 Å². The molecule has 4 nitrogen and oxygen atoms in total. The van der Waals surface area contributed by atoms with Gasteiger partial charge >= 0.3 is 0 Å². The molecule has 0 amide bonds. The van der Waals surface area contributed by atoms with Crippen molar-refractivity contribution in [3.63, 3.8) is 0 Å². The van der Waals surface area contributed by atoms with Gasteiger partial charge in [-0.2, -0.15) is 0 Å². The number of nitrogens with zero attached hydrogens (tertiary/aromatic N) is 3. The van der Waals surface area contributed by atoms with Crippen LogP contribution in [-0.2, 0) is 0 Å². The van der Waals surface area contributed by atoms with E-state index in [0.29, 0.717) is 5.82 Å². The third-order valence-corrected chi connectivity index (χ3v) is 10.0. The highest BCUT2D eigenvalue weighted by molar-refractivity contribution is 6.13. The Morgan fingerprint density at radius 2 is 0.944 bits per heavy atom. The SMILES string of the molecule is c1ccc(-c2cc(-c3ccccc3)nc(-c3cc(-c4ccc(N(c5ccccc5)c5ccc6ccccc6c5)cc4)cc4oc5ccccc5c34)n2)cc1. The molecule has 0 bridgehead atoms. The van der Waals surface area contributed by atoms with Gasteiger partial charge < -0.3 is 9.32 Å². The van der Waals surface area contributed by atoms with Crippen LogP contribution in [0.1, 0.15) is 0 Å². The molecule has 0 N–H and O–H groups in total. The highest BCUT2D eigenvalue weighted by atomic mass is 16.3. The molecule has 10 aromatic rings. The van der Waals surface area contributed by atoms with Crippen LogP contribution in [0.5, 0.6) is 0 Å². The second kappa shape index (κ2) is 13.4. The molecular weight excluding hydrogens is 659 g/mol. The zero-order chi connectivity index (χ0) is 35.8. The van der Waals surface area contributed by atoms with Gasteiger partial charge in [0, 0.05) is 44.5 Å². The Balaban J connectivity index is 1.14. The van der Waals surface area contributed by atoms with Crippen LogP contribution < -0.4 is 4.90 Å². The van der Waals surface area contributed by atoms with Crippen LogP contribution >= 0.6 is 0 Å². The van der Waals surface area contributed by atoms with E-state index in [1.165, 1.54) is 10.8 Å². The van der Waals surface area contributed by atoms with E-state index in [9.17, 15) is 0 Å². The Morgan fingerprint density at radius 1 is 0.370 bits per heavy atom. The first-order valence-electron chi connectivity index (χ1n) is 18.2. The van der Waals surface area contributed by atoms with Gasteiger partial charge in [-0.05, 0) is 82.6 Å². The molecular formula is C50H33N3O. The van der Waals surface area contributed by atoms with Crippen molar-refractivity contribution in [3.8, 4) is 45.0 Å². The van der Waals surface area contributed by atoms with Gasteiger partial charge in [-0.3, -0.25) is 0 Å². The van der Waals surface area contributed by atoms with E-state index >= 15 is 0 Å². The summed E-state index contributed by atoms with van der Waals surface area (Å²) in [7, 11) is 0. The van der Waals surface area contributed by atoms with Crippen molar-refractivity contribution in [3.05, 3.63) is 200 Å². The molecule has 0 atom stereocenters. The van der Waals surface area contributed by atoms with Gasteiger partial charge in [0.05, 0.1) is 11.4 Å². The molecule has 0 aliphatic rings. The number of benzene rings is 8. The third kappa shape index (κ3) is 5.76. The zero-order valence-corrected chi connectivity index (χ0v) is 29.3. The lowest BCUT2D eigenvalue weighted by Crippen LogP contribution is -2.09. The molecule has 0 aliphatic carbocycles. The Labute approximate surface area is 313 Å². The number of hydrogen-bond donors (Lipinski definition) is 0. The van der Waals surface area contributed by atoms with Gasteiger partial charge in [0.25, 0.3) is 0 Å². The summed E-state index contributed by atoms with van der Waals surface area (Å²) in [6.07, 6.45) is 0. The quantitative estimate of drug-likeness (QED) is 0.167. The standard InChI is InChI=1S/C50H33N3O/c1-4-15-36(16-5-1)45-33-46(37-17-6-2-7-18-37)52-50(51-45)44-31-39(32-48-49(44)43-22-12-13-23-47(43)54-48)35-24-27-41(28-25-35)53(40-20-8-3-9-21-40)42-29-26-34-14-10-11-19-38(34)30-42/h1-33H. The fourth-order valence-corrected chi connectivity index (χ4v) is 7.42. The molecule has 10 rings (SSSR count). The topological polar surface area (TPSA) is 42.2 Å². The number of furan rings is 1. The predicted octanol–water partition coefficient (Wildman–Crippen LogP) is 13.7. The van der Waals surface area contributed by atoms with E-state index in [4.69, 9.17) is 14.4 Å². The van der Waals surface area contributed by atoms with Crippen LogP contribution in [0.15, 0.2) is 205 Å². The maximum atomic E-state index is 6.56. The number of anilines is 3. The predicted molar refractivity (Wildman–Crippen MR) is 223 cm³/mol. The Bertz CT molecular complexity index is 2860. The fraction of sp³-hybridized carbons (Fsp3) is 0. The summed E-state index contributed by atoms with van der Waals surface area (Å²) in [5.41, 5.74) is 11.7. The summed E-state index contributed by atoms with van der Waals surface area (Å²) in [6.45, 7) is 0. The van der Waals surface area contributed by atoms with E-state index < -0.39 is 0 Å². The molecule has 0 spiro atoms. The average Bonchev–Trinajstić information content (AvgIpc) is 3.63. The molecule has 0 saturated carbocycles. The zero-order valence-electron chi connectivity index (χ0n) is 29.3.